The van der Waals surface area contributed by atoms with E-state index in [1.165, 1.54) is 114 Å². The predicted molar refractivity (Wildman–Crippen MR) is 129 cm³/mol. The van der Waals surface area contributed by atoms with Crippen molar-refractivity contribution in [3.05, 3.63) is 0 Å². The van der Waals surface area contributed by atoms with Crippen molar-refractivity contribution in [1.82, 2.24) is 0 Å². The summed E-state index contributed by atoms with van der Waals surface area (Å²) in [4.78, 5) is 0. The number of unbranched alkanes of at least 4 members (excludes halogenated alkanes) is 4. The second kappa shape index (κ2) is 16.9. The van der Waals surface area contributed by atoms with E-state index in [0.717, 1.165) is 25.0 Å². The van der Waals surface area contributed by atoms with Crippen LogP contribution in [0.25, 0.3) is 0 Å². The van der Waals surface area contributed by atoms with Crippen LogP contribution >= 0.6 is 11.8 Å². The fourth-order valence-electron chi connectivity index (χ4n) is 5.40. The number of ether oxygens (including phenoxy) is 2. The van der Waals surface area contributed by atoms with Crippen molar-refractivity contribution in [3.8, 4) is 0 Å². The molecule has 2 fully saturated rings. The molecule has 0 radical (unpaired) electrons. The Balaban J connectivity index is 1.39. The van der Waals surface area contributed by atoms with Crippen molar-refractivity contribution < 1.29 is 9.47 Å². The topological polar surface area (TPSA) is 18.5 Å². The molecule has 2 heterocycles. The molecule has 0 N–H and O–H groups in total. The number of rotatable bonds is 18. The molecule has 0 amide bonds. The highest BCUT2D eigenvalue weighted by Gasteiger charge is 2.25. The zero-order valence-corrected chi connectivity index (χ0v) is 20.5. The standard InChI is InChI=1S/C26H50O2S/c1-3-13-23(25-17-11-19-27-25)15-7-5-9-21-29-22-10-6-8-16-24(14-4-2)26-18-12-20-28-26/h23-26H,3-22H2,1-2H3. The van der Waals surface area contributed by atoms with E-state index in [1.54, 1.807) is 0 Å². The van der Waals surface area contributed by atoms with Crippen LogP contribution in [0.5, 0.6) is 0 Å². The van der Waals surface area contributed by atoms with Crippen LogP contribution < -0.4 is 0 Å². The summed E-state index contributed by atoms with van der Waals surface area (Å²) in [5.74, 6) is 4.40. The molecule has 172 valence electrons. The maximum absolute atomic E-state index is 5.96. The lowest BCUT2D eigenvalue weighted by molar-refractivity contribution is 0.0545. The van der Waals surface area contributed by atoms with Crippen LogP contribution in [0.2, 0.25) is 0 Å². The first kappa shape index (κ1) is 25.5. The molecule has 0 spiro atoms. The number of thioether (sulfide) groups is 1. The first-order valence-corrected chi connectivity index (χ1v) is 14.3. The van der Waals surface area contributed by atoms with Gasteiger partial charge in [-0.1, -0.05) is 52.4 Å². The molecule has 2 saturated heterocycles. The summed E-state index contributed by atoms with van der Waals surface area (Å²) in [5.41, 5.74) is 0. The van der Waals surface area contributed by atoms with Gasteiger partial charge < -0.3 is 9.47 Å². The number of hydrogen-bond donors (Lipinski definition) is 0. The van der Waals surface area contributed by atoms with Gasteiger partial charge in [0.1, 0.15) is 0 Å². The van der Waals surface area contributed by atoms with Crippen molar-refractivity contribution in [2.75, 3.05) is 24.7 Å². The molecule has 0 aromatic heterocycles. The minimum absolute atomic E-state index is 0.585. The molecule has 0 bridgehead atoms. The van der Waals surface area contributed by atoms with E-state index in [2.05, 4.69) is 25.6 Å². The summed E-state index contributed by atoms with van der Waals surface area (Å²) in [6.07, 6.45) is 23.0. The van der Waals surface area contributed by atoms with E-state index in [4.69, 9.17) is 9.47 Å². The van der Waals surface area contributed by atoms with E-state index in [-0.39, 0.29) is 0 Å². The van der Waals surface area contributed by atoms with Gasteiger partial charge in [0.25, 0.3) is 0 Å². The quantitative estimate of drug-likeness (QED) is 0.207. The molecule has 0 aromatic rings. The smallest absolute Gasteiger partial charge is 0.0604 e. The third kappa shape index (κ3) is 10.9. The van der Waals surface area contributed by atoms with Gasteiger partial charge >= 0.3 is 0 Å². The summed E-state index contributed by atoms with van der Waals surface area (Å²) >= 11 is 2.19. The molecule has 2 rings (SSSR count). The fraction of sp³-hybridized carbons (Fsp3) is 1.00. The fourth-order valence-corrected chi connectivity index (χ4v) is 6.42. The Bertz CT molecular complexity index is 330. The van der Waals surface area contributed by atoms with Crippen LogP contribution in [-0.2, 0) is 9.47 Å². The van der Waals surface area contributed by atoms with E-state index >= 15 is 0 Å². The summed E-state index contributed by atoms with van der Waals surface area (Å²) < 4.78 is 11.9. The highest BCUT2D eigenvalue weighted by Crippen LogP contribution is 2.29. The van der Waals surface area contributed by atoms with Gasteiger partial charge in [0.05, 0.1) is 12.2 Å². The molecule has 29 heavy (non-hydrogen) atoms. The van der Waals surface area contributed by atoms with Crippen LogP contribution in [0.15, 0.2) is 0 Å². The second-order valence-electron chi connectivity index (χ2n) is 9.51. The Kier molecular flexibility index (Phi) is 14.9. The highest BCUT2D eigenvalue weighted by atomic mass is 32.2. The van der Waals surface area contributed by atoms with Gasteiger partial charge in [-0.15, -0.1) is 0 Å². The van der Waals surface area contributed by atoms with Crippen molar-refractivity contribution in [1.29, 1.82) is 0 Å². The lowest BCUT2D eigenvalue weighted by Gasteiger charge is -2.22. The SMILES string of the molecule is CCCC(CCCCCSCCCCCC(CCC)C1CCCO1)C1CCCO1. The monoisotopic (exact) mass is 426 g/mol. The van der Waals surface area contributed by atoms with E-state index in [1.807, 2.05) is 0 Å². The average Bonchev–Trinajstić information content (AvgIpc) is 3.44. The highest BCUT2D eigenvalue weighted by molar-refractivity contribution is 7.99. The molecular weight excluding hydrogens is 376 g/mol. The molecular formula is C26H50O2S. The largest absolute Gasteiger partial charge is 0.378 e. The van der Waals surface area contributed by atoms with Crippen LogP contribution in [0.3, 0.4) is 0 Å². The van der Waals surface area contributed by atoms with Crippen molar-refractivity contribution >= 4 is 11.8 Å². The average molecular weight is 427 g/mol. The summed E-state index contributed by atoms with van der Waals surface area (Å²) in [6, 6.07) is 0. The summed E-state index contributed by atoms with van der Waals surface area (Å²) in [7, 11) is 0. The summed E-state index contributed by atoms with van der Waals surface area (Å²) in [6.45, 7) is 6.67. The van der Waals surface area contributed by atoms with E-state index in [9.17, 15) is 0 Å². The molecule has 4 atom stereocenters. The zero-order chi connectivity index (χ0) is 20.6. The Morgan fingerprint density at radius 3 is 1.52 bits per heavy atom. The Morgan fingerprint density at radius 1 is 0.655 bits per heavy atom. The van der Waals surface area contributed by atoms with E-state index < -0.39 is 0 Å². The molecule has 3 heteroatoms. The Hall–Kier alpha value is 0.270. The Morgan fingerprint density at radius 2 is 1.14 bits per heavy atom. The second-order valence-corrected chi connectivity index (χ2v) is 10.7. The van der Waals surface area contributed by atoms with Gasteiger partial charge in [-0.05, 0) is 87.5 Å². The van der Waals surface area contributed by atoms with Gasteiger partial charge in [0.2, 0.25) is 0 Å². The molecule has 2 nitrogen and oxygen atoms in total. The molecule has 2 aliphatic rings. The third-order valence-electron chi connectivity index (χ3n) is 7.03. The van der Waals surface area contributed by atoms with Gasteiger partial charge in [-0.2, -0.15) is 11.8 Å². The van der Waals surface area contributed by atoms with Gasteiger partial charge in [-0.25, -0.2) is 0 Å². The zero-order valence-electron chi connectivity index (χ0n) is 19.7. The van der Waals surface area contributed by atoms with Crippen LogP contribution in [-0.4, -0.2) is 36.9 Å². The maximum atomic E-state index is 5.96. The minimum Gasteiger partial charge on any atom is -0.378 e. The Labute approximate surface area is 186 Å². The van der Waals surface area contributed by atoms with Crippen molar-refractivity contribution in [2.24, 2.45) is 11.8 Å². The van der Waals surface area contributed by atoms with Gasteiger partial charge in [-0.3, -0.25) is 0 Å². The molecule has 0 saturated carbocycles. The lowest BCUT2D eigenvalue weighted by atomic mass is 9.90. The third-order valence-corrected chi connectivity index (χ3v) is 8.18. The van der Waals surface area contributed by atoms with Gasteiger partial charge in [0.15, 0.2) is 0 Å². The van der Waals surface area contributed by atoms with Crippen LogP contribution in [0.1, 0.15) is 117 Å². The molecule has 4 unspecified atom stereocenters. The predicted octanol–water partition coefficient (Wildman–Crippen LogP) is 8.03. The molecule has 0 aromatic carbocycles. The van der Waals surface area contributed by atoms with Crippen molar-refractivity contribution in [2.45, 2.75) is 129 Å². The van der Waals surface area contributed by atoms with Crippen LogP contribution in [0, 0.1) is 11.8 Å². The minimum atomic E-state index is 0.585. The van der Waals surface area contributed by atoms with E-state index in [0.29, 0.717) is 12.2 Å². The lowest BCUT2D eigenvalue weighted by Crippen LogP contribution is -2.19. The maximum Gasteiger partial charge on any atom is 0.0604 e. The molecule has 0 aliphatic carbocycles. The van der Waals surface area contributed by atoms with Crippen molar-refractivity contribution in [3.63, 3.8) is 0 Å². The summed E-state index contributed by atoms with van der Waals surface area (Å²) in [5, 5.41) is 0. The normalized spacial score (nSPS) is 24.2. The first-order valence-electron chi connectivity index (χ1n) is 13.2. The first-order chi connectivity index (χ1) is 14.3. The number of hydrogen-bond acceptors (Lipinski definition) is 3. The van der Waals surface area contributed by atoms with Crippen LogP contribution in [0.4, 0.5) is 0 Å². The van der Waals surface area contributed by atoms with Gasteiger partial charge in [0, 0.05) is 13.2 Å². The molecule has 2 aliphatic heterocycles.